The molecule has 1 heterocycles. The molecule has 106 valence electrons. The van der Waals surface area contributed by atoms with Crippen LogP contribution in [0.4, 0.5) is 0 Å². The molecule has 5 heteroatoms. The zero-order valence-electron chi connectivity index (χ0n) is 11.5. The molecule has 1 unspecified atom stereocenters. The van der Waals surface area contributed by atoms with Crippen LogP contribution >= 0.6 is 0 Å². The van der Waals surface area contributed by atoms with Gasteiger partial charge in [0, 0.05) is 19.2 Å². The first-order valence-electron chi connectivity index (χ1n) is 6.87. The number of hydrogen-bond donors (Lipinski definition) is 2. The van der Waals surface area contributed by atoms with Crippen molar-refractivity contribution in [1.82, 2.24) is 10.4 Å². The van der Waals surface area contributed by atoms with Gasteiger partial charge < -0.3 is 4.90 Å². The molecule has 2 N–H and O–H groups in total. The minimum atomic E-state index is -0.513. The standard InChI is InChI=1S/C15H18N2O3/c1-17-6-2-5-15(14(17)19)8-11-4-3-10(13(18)16-20)7-12(11)9-15/h3-4,7,20H,2,5-6,8-9H2,1H3,(H,16,18). The van der Waals surface area contributed by atoms with Crippen molar-refractivity contribution in [2.45, 2.75) is 25.7 Å². The second-order valence-corrected chi connectivity index (χ2v) is 5.89. The molecule has 2 aliphatic rings. The molecule has 3 rings (SSSR count). The molecule has 0 radical (unpaired) electrons. The van der Waals surface area contributed by atoms with E-state index >= 15 is 0 Å². The van der Waals surface area contributed by atoms with E-state index in [1.165, 1.54) is 0 Å². The highest BCUT2D eigenvalue weighted by Gasteiger charge is 2.46. The Bertz CT molecular complexity index is 584. The lowest BCUT2D eigenvalue weighted by Crippen LogP contribution is -2.47. The van der Waals surface area contributed by atoms with Crippen LogP contribution < -0.4 is 5.48 Å². The van der Waals surface area contributed by atoms with E-state index in [0.29, 0.717) is 12.0 Å². The molecule has 0 bridgehead atoms. The fraction of sp³-hybridized carbons (Fsp3) is 0.467. The number of rotatable bonds is 1. The van der Waals surface area contributed by atoms with Crippen molar-refractivity contribution < 1.29 is 14.8 Å². The third-order valence-corrected chi connectivity index (χ3v) is 4.58. The average molecular weight is 274 g/mol. The van der Waals surface area contributed by atoms with Gasteiger partial charge in [-0.1, -0.05) is 6.07 Å². The second-order valence-electron chi connectivity index (χ2n) is 5.89. The minimum absolute atomic E-state index is 0.216. The van der Waals surface area contributed by atoms with Gasteiger partial charge in [0.25, 0.3) is 5.91 Å². The van der Waals surface area contributed by atoms with Crippen LogP contribution in [-0.2, 0) is 17.6 Å². The highest BCUT2D eigenvalue weighted by atomic mass is 16.5. The van der Waals surface area contributed by atoms with Crippen LogP contribution in [0.2, 0.25) is 0 Å². The Balaban J connectivity index is 1.92. The van der Waals surface area contributed by atoms with Gasteiger partial charge in [-0.15, -0.1) is 0 Å². The van der Waals surface area contributed by atoms with E-state index in [1.54, 1.807) is 17.6 Å². The molecule has 1 aromatic rings. The summed E-state index contributed by atoms with van der Waals surface area (Å²) in [5.74, 6) is -0.297. The number of piperidine rings is 1. The van der Waals surface area contributed by atoms with Crippen molar-refractivity contribution in [2.24, 2.45) is 5.41 Å². The molecule has 1 aliphatic carbocycles. The maximum Gasteiger partial charge on any atom is 0.274 e. The molecular weight excluding hydrogens is 256 g/mol. The summed E-state index contributed by atoms with van der Waals surface area (Å²) in [6, 6.07) is 5.38. The van der Waals surface area contributed by atoms with Gasteiger partial charge in [0.2, 0.25) is 5.91 Å². The third-order valence-electron chi connectivity index (χ3n) is 4.58. The molecule has 5 nitrogen and oxygen atoms in total. The molecular formula is C15H18N2O3. The first-order valence-corrected chi connectivity index (χ1v) is 6.87. The summed E-state index contributed by atoms with van der Waals surface area (Å²) >= 11 is 0. The van der Waals surface area contributed by atoms with Crippen molar-refractivity contribution in [1.29, 1.82) is 0 Å². The Hall–Kier alpha value is -1.88. The SMILES string of the molecule is CN1CCCC2(Cc3ccc(C(=O)NO)cc3C2)C1=O. The van der Waals surface area contributed by atoms with Gasteiger partial charge >= 0.3 is 0 Å². The second kappa shape index (κ2) is 4.59. The van der Waals surface area contributed by atoms with Crippen LogP contribution in [0.5, 0.6) is 0 Å². The largest absolute Gasteiger partial charge is 0.345 e. The number of amides is 2. The van der Waals surface area contributed by atoms with Crippen LogP contribution in [0.1, 0.15) is 34.3 Å². The lowest BCUT2D eigenvalue weighted by atomic mass is 9.76. The van der Waals surface area contributed by atoms with Crippen LogP contribution in [0.25, 0.3) is 0 Å². The van der Waals surface area contributed by atoms with Crippen molar-refractivity contribution in [2.75, 3.05) is 13.6 Å². The third kappa shape index (κ3) is 1.89. The molecule has 1 saturated heterocycles. The van der Waals surface area contributed by atoms with Gasteiger partial charge in [0.05, 0.1) is 5.41 Å². The van der Waals surface area contributed by atoms with Gasteiger partial charge in [-0.3, -0.25) is 14.8 Å². The summed E-state index contributed by atoms with van der Waals surface area (Å²) in [5.41, 5.74) is 3.95. The number of carbonyl (C=O) groups excluding carboxylic acids is 2. The quantitative estimate of drug-likeness (QED) is 0.596. The maximum absolute atomic E-state index is 12.5. The normalized spacial score (nSPS) is 24.9. The summed E-state index contributed by atoms with van der Waals surface area (Å²) in [7, 11) is 1.86. The number of fused-ring (bicyclic) bond motifs is 1. The fourth-order valence-corrected chi connectivity index (χ4v) is 3.56. The van der Waals surface area contributed by atoms with E-state index in [4.69, 9.17) is 5.21 Å². The smallest absolute Gasteiger partial charge is 0.274 e. The van der Waals surface area contributed by atoms with E-state index in [-0.39, 0.29) is 11.3 Å². The molecule has 1 aliphatic heterocycles. The van der Waals surface area contributed by atoms with Gasteiger partial charge in [0.1, 0.15) is 0 Å². The van der Waals surface area contributed by atoms with Crippen LogP contribution in [0.3, 0.4) is 0 Å². The fourth-order valence-electron chi connectivity index (χ4n) is 3.56. The van der Waals surface area contributed by atoms with Gasteiger partial charge in [-0.05, 0) is 48.9 Å². The summed E-state index contributed by atoms with van der Waals surface area (Å²) in [6.45, 7) is 0.828. The molecule has 1 spiro atoms. The maximum atomic E-state index is 12.5. The number of nitrogens with one attached hydrogen (secondary N) is 1. The van der Waals surface area contributed by atoms with E-state index in [0.717, 1.165) is 36.9 Å². The van der Waals surface area contributed by atoms with E-state index in [2.05, 4.69) is 0 Å². The molecule has 0 saturated carbocycles. The summed E-state index contributed by atoms with van der Waals surface area (Å²) in [5, 5.41) is 8.70. The van der Waals surface area contributed by atoms with Crippen molar-refractivity contribution in [3.63, 3.8) is 0 Å². The van der Waals surface area contributed by atoms with Gasteiger partial charge in [-0.25, -0.2) is 5.48 Å². The van der Waals surface area contributed by atoms with Crippen molar-refractivity contribution in [3.05, 3.63) is 34.9 Å². The molecule has 1 aromatic carbocycles. The van der Waals surface area contributed by atoms with E-state index in [9.17, 15) is 9.59 Å². The Kier molecular flexibility index (Phi) is 3.01. The first-order chi connectivity index (χ1) is 9.55. The number of likely N-dealkylation sites (tertiary alicyclic amines) is 1. The van der Waals surface area contributed by atoms with Crippen LogP contribution in [-0.4, -0.2) is 35.5 Å². The van der Waals surface area contributed by atoms with E-state index < -0.39 is 5.91 Å². The Morgan fingerprint density at radius 2 is 2.10 bits per heavy atom. The Labute approximate surface area is 117 Å². The summed E-state index contributed by atoms with van der Waals surface area (Å²) in [4.78, 5) is 25.8. The van der Waals surface area contributed by atoms with Crippen molar-refractivity contribution >= 4 is 11.8 Å². The number of benzene rings is 1. The molecule has 1 fully saturated rings. The molecule has 1 atom stereocenters. The summed E-state index contributed by atoms with van der Waals surface area (Å²) in [6.07, 6.45) is 3.39. The molecule has 0 aromatic heterocycles. The number of carbonyl (C=O) groups is 2. The number of nitrogens with zero attached hydrogens (tertiary/aromatic N) is 1. The Morgan fingerprint density at radius 1 is 1.35 bits per heavy atom. The first kappa shape index (κ1) is 13.1. The average Bonchev–Trinajstić information content (AvgIpc) is 2.82. The highest BCUT2D eigenvalue weighted by Crippen LogP contribution is 2.44. The predicted molar refractivity (Wildman–Crippen MR) is 72.4 cm³/mol. The lowest BCUT2D eigenvalue weighted by molar-refractivity contribution is -0.144. The predicted octanol–water partition coefficient (Wildman–Crippen LogP) is 1.14. The Morgan fingerprint density at radius 3 is 2.85 bits per heavy atom. The monoisotopic (exact) mass is 274 g/mol. The van der Waals surface area contributed by atoms with Gasteiger partial charge in [-0.2, -0.15) is 0 Å². The highest BCUT2D eigenvalue weighted by molar-refractivity contribution is 5.94. The minimum Gasteiger partial charge on any atom is -0.345 e. The lowest BCUT2D eigenvalue weighted by Gasteiger charge is -2.37. The zero-order valence-corrected chi connectivity index (χ0v) is 11.5. The van der Waals surface area contributed by atoms with Crippen LogP contribution in [0, 0.1) is 5.41 Å². The molecule has 20 heavy (non-hydrogen) atoms. The topological polar surface area (TPSA) is 69.6 Å². The zero-order chi connectivity index (χ0) is 14.3. The number of hydroxylamine groups is 1. The molecule has 2 amide bonds. The van der Waals surface area contributed by atoms with Crippen LogP contribution in [0.15, 0.2) is 18.2 Å². The van der Waals surface area contributed by atoms with Crippen molar-refractivity contribution in [3.8, 4) is 0 Å². The van der Waals surface area contributed by atoms with E-state index in [1.807, 2.05) is 18.0 Å². The summed E-state index contributed by atoms with van der Waals surface area (Å²) < 4.78 is 0. The van der Waals surface area contributed by atoms with Gasteiger partial charge in [0.15, 0.2) is 0 Å². The number of hydrogen-bond acceptors (Lipinski definition) is 3.